The minimum Gasteiger partial charge on any atom is -0.468 e. The number of esters is 1. The van der Waals surface area contributed by atoms with E-state index >= 15 is 0 Å². The van der Waals surface area contributed by atoms with Crippen molar-refractivity contribution >= 4 is 11.9 Å². The predicted molar refractivity (Wildman–Crippen MR) is 72.4 cm³/mol. The van der Waals surface area contributed by atoms with Gasteiger partial charge in [-0.1, -0.05) is 12.8 Å². The van der Waals surface area contributed by atoms with Gasteiger partial charge in [-0.25, -0.2) is 0 Å². The van der Waals surface area contributed by atoms with Crippen molar-refractivity contribution in [3.63, 3.8) is 0 Å². The van der Waals surface area contributed by atoms with Crippen molar-refractivity contribution in [1.82, 2.24) is 9.88 Å². The van der Waals surface area contributed by atoms with E-state index in [1.54, 1.807) is 4.90 Å². The first kappa shape index (κ1) is 14.3. The number of hydrogen-bond donors (Lipinski definition) is 1. The van der Waals surface area contributed by atoms with Gasteiger partial charge in [0.15, 0.2) is 0 Å². The fourth-order valence-electron chi connectivity index (χ4n) is 2.50. The van der Waals surface area contributed by atoms with E-state index in [1.807, 2.05) is 0 Å². The highest BCUT2D eigenvalue weighted by Gasteiger charge is 2.29. The van der Waals surface area contributed by atoms with Crippen LogP contribution in [0.3, 0.4) is 0 Å². The summed E-state index contributed by atoms with van der Waals surface area (Å²) in [6, 6.07) is 2.84. The fraction of sp³-hybridized carbons (Fsp3) is 0.500. The molecule has 0 bridgehead atoms. The van der Waals surface area contributed by atoms with Crippen LogP contribution in [0.4, 0.5) is 0 Å². The minimum absolute atomic E-state index is 0.0564. The monoisotopic (exact) mass is 278 g/mol. The Balaban J connectivity index is 2.20. The molecule has 6 nitrogen and oxygen atoms in total. The van der Waals surface area contributed by atoms with Crippen LogP contribution in [-0.4, -0.2) is 41.5 Å². The van der Waals surface area contributed by atoms with Gasteiger partial charge in [-0.05, 0) is 18.9 Å². The van der Waals surface area contributed by atoms with Crippen molar-refractivity contribution in [3.05, 3.63) is 34.2 Å². The number of aromatic nitrogens is 1. The maximum absolute atomic E-state index is 12.5. The Morgan fingerprint density at radius 1 is 1.35 bits per heavy atom. The maximum atomic E-state index is 12.5. The largest absolute Gasteiger partial charge is 0.468 e. The number of aromatic amines is 1. The molecule has 1 aromatic heterocycles. The van der Waals surface area contributed by atoms with E-state index in [1.165, 1.54) is 25.4 Å². The molecule has 2 rings (SSSR count). The Hall–Kier alpha value is -2.11. The molecule has 6 heteroatoms. The summed E-state index contributed by atoms with van der Waals surface area (Å²) < 4.78 is 4.65. The van der Waals surface area contributed by atoms with Crippen LogP contribution in [0.1, 0.15) is 36.0 Å². The van der Waals surface area contributed by atoms with E-state index in [0.29, 0.717) is 5.56 Å². The van der Waals surface area contributed by atoms with E-state index in [4.69, 9.17) is 0 Å². The Kier molecular flexibility index (Phi) is 4.55. The van der Waals surface area contributed by atoms with Crippen molar-refractivity contribution in [2.45, 2.75) is 31.7 Å². The first-order valence-corrected chi connectivity index (χ1v) is 6.68. The molecule has 1 aliphatic carbocycles. The highest BCUT2D eigenvalue weighted by Crippen LogP contribution is 2.24. The second-order valence-corrected chi connectivity index (χ2v) is 4.89. The number of amides is 1. The second kappa shape index (κ2) is 6.36. The molecule has 20 heavy (non-hydrogen) atoms. The van der Waals surface area contributed by atoms with Crippen molar-refractivity contribution in [3.8, 4) is 0 Å². The molecule has 0 saturated heterocycles. The van der Waals surface area contributed by atoms with Gasteiger partial charge in [-0.15, -0.1) is 0 Å². The predicted octanol–water partition coefficient (Wildman–Crippen LogP) is 0.933. The summed E-state index contributed by atoms with van der Waals surface area (Å²) in [6.45, 7) is -0.0564. The number of ether oxygens (including phenoxy) is 1. The van der Waals surface area contributed by atoms with Crippen molar-refractivity contribution < 1.29 is 14.3 Å². The fourth-order valence-corrected chi connectivity index (χ4v) is 2.50. The number of pyridine rings is 1. The summed E-state index contributed by atoms with van der Waals surface area (Å²) in [5.74, 6) is -0.687. The maximum Gasteiger partial charge on any atom is 0.325 e. The second-order valence-electron chi connectivity index (χ2n) is 4.89. The average Bonchev–Trinajstić information content (AvgIpc) is 2.98. The molecule has 0 atom stereocenters. The number of carbonyl (C=O) groups excluding carboxylic acids is 2. The SMILES string of the molecule is COC(=O)CN(C(=O)c1ccc(=O)[nH]c1)C1CCCC1. The molecule has 1 aromatic rings. The summed E-state index contributed by atoms with van der Waals surface area (Å²) in [7, 11) is 1.31. The van der Waals surface area contributed by atoms with Crippen molar-refractivity contribution in [2.24, 2.45) is 0 Å². The third kappa shape index (κ3) is 3.26. The zero-order valence-corrected chi connectivity index (χ0v) is 11.4. The lowest BCUT2D eigenvalue weighted by Crippen LogP contribution is -2.42. The van der Waals surface area contributed by atoms with Crippen LogP contribution in [0, 0.1) is 0 Å². The van der Waals surface area contributed by atoms with Gasteiger partial charge in [0.1, 0.15) is 6.54 Å². The number of nitrogens with zero attached hydrogens (tertiary/aromatic N) is 1. The van der Waals surface area contributed by atoms with Gasteiger partial charge in [0.05, 0.1) is 12.7 Å². The quantitative estimate of drug-likeness (QED) is 0.831. The zero-order chi connectivity index (χ0) is 14.5. The lowest BCUT2D eigenvalue weighted by Gasteiger charge is -2.27. The summed E-state index contributed by atoms with van der Waals surface area (Å²) >= 11 is 0. The number of carbonyl (C=O) groups is 2. The summed E-state index contributed by atoms with van der Waals surface area (Å²) in [6.07, 6.45) is 5.28. The van der Waals surface area contributed by atoms with E-state index < -0.39 is 5.97 Å². The number of rotatable bonds is 4. The molecular weight excluding hydrogens is 260 g/mol. The van der Waals surface area contributed by atoms with Gasteiger partial charge in [0, 0.05) is 18.3 Å². The molecule has 1 saturated carbocycles. The van der Waals surface area contributed by atoms with Crippen LogP contribution in [0.25, 0.3) is 0 Å². The summed E-state index contributed by atoms with van der Waals surface area (Å²) in [4.78, 5) is 39.0. The number of nitrogens with one attached hydrogen (secondary N) is 1. The smallest absolute Gasteiger partial charge is 0.325 e. The summed E-state index contributed by atoms with van der Waals surface area (Å²) in [5, 5.41) is 0. The topological polar surface area (TPSA) is 79.5 Å². The van der Waals surface area contributed by atoms with Gasteiger partial charge in [0.25, 0.3) is 5.91 Å². The molecule has 0 aromatic carbocycles. The van der Waals surface area contributed by atoms with E-state index in [-0.39, 0.29) is 24.1 Å². The van der Waals surface area contributed by atoms with Gasteiger partial charge < -0.3 is 14.6 Å². The molecule has 108 valence electrons. The van der Waals surface area contributed by atoms with Crippen LogP contribution < -0.4 is 5.56 Å². The van der Waals surface area contributed by atoms with Crippen LogP contribution in [0.15, 0.2) is 23.1 Å². The van der Waals surface area contributed by atoms with Crippen LogP contribution in [0.2, 0.25) is 0 Å². The molecular formula is C14H18N2O4. The van der Waals surface area contributed by atoms with Crippen molar-refractivity contribution in [2.75, 3.05) is 13.7 Å². The molecule has 1 heterocycles. The molecule has 1 amide bonds. The Morgan fingerprint density at radius 3 is 2.60 bits per heavy atom. The Morgan fingerprint density at radius 2 is 2.05 bits per heavy atom. The molecule has 0 aliphatic heterocycles. The van der Waals surface area contributed by atoms with Gasteiger partial charge in [-0.3, -0.25) is 14.4 Å². The van der Waals surface area contributed by atoms with E-state index in [2.05, 4.69) is 9.72 Å². The van der Waals surface area contributed by atoms with E-state index in [9.17, 15) is 14.4 Å². The standard InChI is InChI=1S/C14H18N2O4/c1-20-13(18)9-16(11-4-2-3-5-11)14(19)10-6-7-12(17)15-8-10/h6-8,11H,2-5,9H2,1H3,(H,15,17). The first-order valence-electron chi connectivity index (χ1n) is 6.68. The van der Waals surface area contributed by atoms with Crippen LogP contribution in [0.5, 0.6) is 0 Å². The molecule has 1 aliphatic rings. The highest BCUT2D eigenvalue weighted by atomic mass is 16.5. The summed E-state index contributed by atoms with van der Waals surface area (Å²) in [5.41, 5.74) is 0.113. The average molecular weight is 278 g/mol. The number of hydrogen-bond acceptors (Lipinski definition) is 4. The molecule has 0 spiro atoms. The lowest BCUT2D eigenvalue weighted by atomic mass is 10.1. The number of H-pyrrole nitrogens is 1. The van der Waals surface area contributed by atoms with Gasteiger partial charge in [-0.2, -0.15) is 0 Å². The highest BCUT2D eigenvalue weighted by molar-refractivity contribution is 5.95. The zero-order valence-electron chi connectivity index (χ0n) is 11.4. The third-order valence-corrected chi connectivity index (χ3v) is 3.58. The molecule has 0 radical (unpaired) electrons. The minimum atomic E-state index is -0.435. The van der Waals surface area contributed by atoms with Crippen LogP contribution in [-0.2, 0) is 9.53 Å². The molecule has 0 unspecified atom stereocenters. The number of methoxy groups -OCH3 is 1. The van der Waals surface area contributed by atoms with Crippen LogP contribution >= 0.6 is 0 Å². The molecule has 1 N–H and O–H groups in total. The van der Waals surface area contributed by atoms with Crippen molar-refractivity contribution in [1.29, 1.82) is 0 Å². The van der Waals surface area contributed by atoms with E-state index in [0.717, 1.165) is 25.7 Å². The Bertz CT molecular complexity index is 526. The van der Waals surface area contributed by atoms with Gasteiger partial charge >= 0.3 is 5.97 Å². The van der Waals surface area contributed by atoms with Gasteiger partial charge in [0.2, 0.25) is 5.56 Å². The molecule has 1 fully saturated rings. The first-order chi connectivity index (χ1) is 9.61. The lowest BCUT2D eigenvalue weighted by molar-refractivity contribution is -0.141. The normalized spacial score (nSPS) is 15.1. The Labute approximate surface area is 116 Å². The third-order valence-electron chi connectivity index (χ3n) is 3.58.